The molecule has 77 heavy (non-hydrogen) atoms. The molecule has 2 amide bonds. The fourth-order valence-corrected chi connectivity index (χ4v) is 12.0. The zero-order valence-electron chi connectivity index (χ0n) is 44.0. The Hall–Kier alpha value is -7.30. The topological polar surface area (TPSA) is 190 Å². The third-order valence-corrected chi connectivity index (χ3v) is 16.1. The smallest absolute Gasteiger partial charge is 0.319 e. The van der Waals surface area contributed by atoms with Gasteiger partial charge in [-0.2, -0.15) is 9.97 Å². The zero-order chi connectivity index (χ0) is 53.3. The van der Waals surface area contributed by atoms with Gasteiger partial charge in [-0.25, -0.2) is 4.39 Å². The first-order valence-electron chi connectivity index (χ1n) is 27.3. The van der Waals surface area contributed by atoms with Crippen molar-refractivity contribution in [2.24, 2.45) is 17.8 Å². The molecule has 4 atom stereocenters. The van der Waals surface area contributed by atoms with Gasteiger partial charge in [0, 0.05) is 111 Å². The number of amides is 2. The van der Waals surface area contributed by atoms with Crippen molar-refractivity contribution in [2.75, 3.05) is 77.0 Å². The van der Waals surface area contributed by atoms with Crippen molar-refractivity contribution in [2.45, 2.75) is 77.6 Å². The van der Waals surface area contributed by atoms with Gasteiger partial charge in [-0.05, 0) is 86.8 Å². The van der Waals surface area contributed by atoms with E-state index in [-0.39, 0.29) is 58.4 Å². The van der Waals surface area contributed by atoms with Crippen LogP contribution in [0.25, 0.3) is 44.2 Å². The van der Waals surface area contributed by atoms with Gasteiger partial charge in [-0.1, -0.05) is 74.7 Å². The molecule has 4 N–H and O–H groups in total. The van der Waals surface area contributed by atoms with Gasteiger partial charge in [0.05, 0.1) is 17.1 Å². The second-order valence-electron chi connectivity index (χ2n) is 21.5. The van der Waals surface area contributed by atoms with Crippen LogP contribution in [-0.4, -0.2) is 157 Å². The molecule has 6 aromatic rings. The highest BCUT2D eigenvalue weighted by molar-refractivity contribution is 6.02. The van der Waals surface area contributed by atoms with E-state index in [1.54, 1.807) is 10.8 Å². The average molecular weight is 1040 g/mol. The highest BCUT2D eigenvalue weighted by atomic mass is 19.1. The van der Waals surface area contributed by atoms with Gasteiger partial charge in [-0.3, -0.25) is 28.9 Å². The normalized spacial score (nSPS) is 21.5. The van der Waals surface area contributed by atoms with Crippen LogP contribution in [0.3, 0.4) is 0 Å². The number of rotatable bonds is 14. The molecule has 0 spiro atoms. The molecule has 1 aliphatic carbocycles. The SMILES string of the molecule is C#Cc1cccc2cccc(-c3ncc4c(N5CC6CCCC(C5)N6)nc(OCCN5CCN(C(=O)C6CCN(Cc7ccc(-n8c(C(=O)NCC)nnc8C8=CC(C(C)C)C(O)C=C8O)cc7)CC6)CC5)nc4c3F)c12. The number of anilines is 1. The molecule has 3 aromatic heterocycles. The molecule has 400 valence electrons. The highest BCUT2D eigenvalue weighted by Crippen LogP contribution is 2.38. The van der Waals surface area contributed by atoms with Crippen molar-refractivity contribution in [1.82, 2.24) is 55.0 Å². The number of hydrogen-bond donors (Lipinski definition) is 4. The van der Waals surface area contributed by atoms with Crippen LogP contribution in [0.1, 0.15) is 80.4 Å². The Morgan fingerprint density at radius 3 is 2.38 bits per heavy atom. The lowest BCUT2D eigenvalue weighted by atomic mass is 9.84. The molecule has 3 aromatic carbocycles. The Labute approximate surface area is 448 Å². The van der Waals surface area contributed by atoms with Gasteiger partial charge in [0.25, 0.3) is 5.91 Å². The summed E-state index contributed by atoms with van der Waals surface area (Å²) in [6.07, 6.45) is 14.9. The molecule has 4 saturated heterocycles. The maximum Gasteiger partial charge on any atom is 0.319 e. The zero-order valence-corrected chi connectivity index (χ0v) is 44.0. The van der Waals surface area contributed by atoms with Gasteiger partial charge in [0.2, 0.25) is 11.7 Å². The van der Waals surface area contributed by atoms with Crippen molar-refractivity contribution in [3.63, 3.8) is 0 Å². The molecule has 4 aliphatic heterocycles. The summed E-state index contributed by atoms with van der Waals surface area (Å²) < 4.78 is 25.0. The first-order chi connectivity index (χ1) is 37.4. The number of fused-ring (bicyclic) bond motifs is 4. The van der Waals surface area contributed by atoms with E-state index in [0.717, 1.165) is 68.2 Å². The number of carbonyl (C=O) groups excluding carboxylic acids is 2. The Kier molecular flexibility index (Phi) is 15.0. The highest BCUT2D eigenvalue weighted by Gasteiger charge is 2.35. The lowest BCUT2D eigenvalue weighted by Gasteiger charge is -2.43. The third kappa shape index (κ3) is 10.6. The number of nitrogens with zero attached hydrogens (tertiary/aromatic N) is 10. The second-order valence-corrected chi connectivity index (χ2v) is 21.5. The van der Waals surface area contributed by atoms with Crippen LogP contribution in [-0.2, 0) is 11.3 Å². The minimum absolute atomic E-state index is 0.0371. The van der Waals surface area contributed by atoms with Crippen molar-refractivity contribution >= 4 is 44.9 Å². The Balaban J connectivity index is 0.704. The van der Waals surface area contributed by atoms with Gasteiger partial charge < -0.3 is 35.4 Å². The third-order valence-electron chi connectivity index (χ3n) is 16.1. The van der Waals surface area contributed by atoms with E-state index in [1.807, 2.05) is 92.4 Å². The number of aliphatic hydroxyl groups excluding tert-OH is 2. The number of aromatic nitrogens is 6. The molecule has 2 bridgehead atoms. The van der Waals surface area contributed by atoms with E-state index in [4.69, 9.17) is 26.1 Å². The maximum absolute atomic E-state index is 17.1. The number of carbonyl (C=O) groups is 2. The Morgan fingerprint density at radius 2 is 1.66 bits per heavy atom. The predicted octanol–water partition coefficient (Wildman–Crippen LogP) is 6.53. The number of halogens is 1. The summed E-state index contributed by atoms with van der Waals surface area (Å²) in [6, 6.07) is 20.1. The van der Waals surface area contributed by atoms with Crippen LogP contribution >= 0.6 is 0 Å². The van der Waals surface area contributed by atoms with E-state index in [0.29, 0.717) is 104 Å². The van der Waals surface area contributed by atoms with E-state index >= 15 is 4.39 Å². The standard InChI is InChI=1S/C59H67FN12O5/c1-5-38-10-7-11-39-12-8-15-44(50(38)39)52-51(60)53-47(32-62-52)54(71-34-41-13-9-14-42(35-71)63-41)65-59(64-53)77-29-28-68-24-26-70(27-25-68)58(76)40-20-22-69(23-21-40)33-37-16-18-43(19-17-37)72-55(66-67-56(72)57(75)61-6-2)46-30-45(36(3)4)48(73)31-49(46)74/h1,7-8,10-12,15-19,30-32,36,40-42,45,48,63,73-74H,6,9,13-14,20-29,33-35H2,2-4H3,(H,61,75). The summed E-state index contributed by atoms with van der Waals surface area (Å²) in [5.74, 6) is 2.76. The minimum atomic E-state index is -0.843. The Morgan fingerprint density at radius 1 is 0.922 bits per heavy atom. The first kappa shape index (κ1) is 51.8. The monoisotopic (exact) mass is 1040 g/mol. The van der Waals surface area contributed by atoms with E-state index < -0.39 is 11.9 Å². The molecular formula is C59H67FN12O5. The number of piperidine rings is 2. The number of benzene rings is 3. The average Bonchev–Trinajstić information content (AvgIpc) is 3.97. The maximum atomic E-state index is 17.1. The molecule has 18 heteroatoms. The molecule has 4 unspecified atom stereocenters. The predicted molar refractivity (Wildman–Crippen MR) is 294 cm³/mol. The van der Waals surface area contributed by atoms with E-state index in [2.05, 4.69) is 41.5 Å². The number of terminal acetylenes is 1. The summed E-state index contributed by atoms with van der Waals surface area (Å²) in [5, 5.41) is 39.0. The molecule has 0 saturated carbocycles. The van der Waals surface area contributed by atoms with Crippen LogP contribution in [0.2, 0.25) is 0 Å². The lowest BCUT2D eigenvalue weighted by Crippen LogP contribution is -2.59. The fourth-order valence-electron chi connectivity index (χ4n) is 12.0. The number of ether oxygens (including phenoxy) is 1. The van der Waals surface area contributed by atoms with Crippen molar-refractivity contribution in [3.05, 3.63) is 113 Å². The number of hydrogen-bond acceptors (Lipinski definition) is 14. The van der Waals surface area contributed by atoms with Gasteiger partial charge in [-0.15, -0.1) is 16.6 Å². The Bertz CT molecular complexity index is 3270. The summed E-state index contributed by atoms with van der Waals surface area (Å²) in [6.45, 7) is 13.6. The van der Waals surface area contributed by atoms with E-state index in [1.165, 1.54) is 12.5 Å². The molecular weight excluding hydrogens is 976 g/mol. The number of aliphatic hydroxyl groups is 2. The first-order valence-corrected chi connectivity index (χ1v) is 27.3. The van der Waals surface area contributed by atoms with E-state index in [9.17, 15) is 19.8 Å². The van der Waals surface area contributed by atoms with Crippen molar-refractivity contribution in [3.8, 4) is 35.3 Å². The summed E-state index contributed by atoms with van der Waals surface area (Å²) in [7, 11) is 0. The molecule has 0 radical (unpaired) electrons. The largest absolute Gasteiger partial charge is 0.507 e. The number of allylic oxidation sites excluding steroid dienone is 1. The van der Waals surface area contributed by atoms with Gasteiger partial charge in [0.1, 0.15) is 29.4 Å². The lowest BCUT2D eigenvalue weighted by molar-refractivity contribution is -0.139. The summed E-state index contributed by atoms with van der Waals surface area (Å²) in [5.41, 5.74) is 3.75. The van der Waals surface area contributed by atoms with Crippen LogP contribution < -0.4 is 20.3 Å². The number of pyridine rings is 1. The molecule has 4 fully saturated rings. The quantitative estimate of drug-likeness (QED) is 0.0862. The van der Waals surface area contributed by atoms with Crippen LogP contribution in [0.4, 0.5) is 10.2 Å². The molecule has 7 heterocycles. The minimum Gasteiger partial charge on any atom is -0.507 e. The summed E-state index contributed by atoms with van der Waals surface area (Å²) in [4.78, 5) is 50.4. The van der Waals surface area contributed by atoms with Crippen molar-refractivity contribution in [1.29, 1.82) is 0 Å². The number of piperazine rings is 2. The van der Waals surface area contributed by atoms with Crippen LogP contribution in [0.15, 0.2) is 84.8 Å². The molecule has 11 rings (SSSR count). The van der Waals surface area contributed by atoms with Crippen molar-refractivity contribution < 1.29 is 28.9 Å². The summed E-state index contributed by atoms with van der Waals surface area (Å²) >= 11 is 0. The molecule has 5 aliphatic rings. The number of likely N-dealkylation sites (tertiary alicyclic amines) is 1. The fraction of sp³-hybridized carbons (Fsp3) is 0.441. The van der Waals surface area contributed by atoms with Gasteiger partial charge in [0.15, 0.2) is 11.6 Å². The second kappa shape index (κ2) is 22.3. The molecule has 17 nitrogen and oxygen atoms in total. The number of nitrogens with one attached hydrogen (secondary N) is 2. The van der Waals surface area contributed by atoms with Gasteiger partial charge >= 0.3 is 6.01 Å². The van der Waals surface area contributed by atoms with Crippen LogP contribution in [0, 0.1) is 35.9 Å². The van der Waals surface area contributed by atoms with Crippen LogP contribution in [0.5, 0.6) is 6.01 Å².